The van der Waals surface area contributed by atoms with Gasteiger partial charge in [0.1, 0.15) is 12.1 Å². The molecule has 0 saturated heterocycles. The lowest BCUT2D eigenvalue weighted by molar-refractivity contribution is -0.144. The number of esters is 1. The number of fused-ring (bicyclic) bond motifs is 1. The number of nitrogens with one attached hydrogen (secondary N) is 1. The number of hydrogen-bond donors (Lipinski definition) is 1. The molecule has 0 aliphatic carbocycles. The first-order valence-electron chi connectivity index (χ1n) is 8.24. The summed E-state index contributed by atoms with van der Waals surface area (Å²) >= 11 is 0. The summed E-state index contributed by atoms with van der Waals surface area (Å²) in [7, 11) is 1.42. The third kappa shape index (κ3) is 4.12. The van der Waals surface area contributed by atoms with Crippen molar-refractivity contribution in [3.63, 3.8) is 0 Å². The second-order valence-electron chi connectivity index (χ2n) is 6.03. The van der Waals surface area contributed by atoms with Gasteiger partial charge in [0.05, 0.1) is 18.5 Å². The van der Waals surface area contributed by atoms with Gasteiger partial charge >= 0.3 is 5.97 Å². The van der Waals surface area contributed by atoms with E-state index >= 15 is 0 Å². The molecule has 5 heteroatoms. The molecule has 1 unspecified atom stereocenters. The number of anilines is 1. The van der Waals surface area contributed by atoms with Crippen molar-refractivity contribution in [1.29, 1.82) is 0 Å². The average molecular weight is 335 g/mol. The van der Waals surface area contributed by atoms with E-state index in [1.165, 1.54) is 19.0 Å². The van der Waals surface area contributed by atoms with Crippen LogP contribution in [0, 0.1) is 12.8 Å². The van der Waals surface area contributed by atoms with Crippen molar-refractivity contribution < 1.29 is 9.53 Å². The number of rotatable bonds is 6. The van der Waals surface area contributed by atoms with E-state index in [0.29, 0.717) is 13.0 Å². The van der Waals surface area contributed by atoms with Crippen LogP contribution >= 0.6 is 0 Å². The Morgan fingerprint density at radius 1 is 1.16 bits per heavy atom. The van der Waals surface area contributed by atoms with Gasteiger partial charge in [-0.05, 0) is 31.0 Å². The Labute approximate surface area is 147 Å². The van der Waals surface area contributed by atoms with Gasteiger partial charge in [-0.15, -0.1) is 0 Å². The van der Waals surface area contributed by atoms with Crippen LogP contribution in [0.4, 0.5) is 5.82 Å². The zero-order chi connectivity index (χ0) is 17.6. The highest BCUT2D eigenvalue weighted by atomic mass is 16.5. The fraction of sp³-hybridized carbons (Fsp3) is 0.250. The van der Waals surface area contributed by atoms with E-state index in [-0.39, 0.29) is 11.9 Å². The Morgan fingerprint density at radius 3 is 2.80 bits per heavy atom. The van der Waals surface area contributed by atoms with Gasteiger partial charge in [0, 0.05) is 11.9 Å². The minimum atomic E-state index is -0.291. The van der Waals surface area contributed by atoms with Crippen LogP contribution in [-0.4, -0.2) is 29.6 Å². The quantitative estimate of drug-likeness (QED) is 0.700. The Kier molecular flexibility index (Phi) is 5.23. The van der Waals surface area contributed by atoms with Crippen molar-refractivity contribution in [1.82, 2.24) is 9.97 Å². The van der Waals surface area contributed by atoms with Gasteiger partial charge in [0.25, 0.3) is 0 Å². The molecule has 0 fully saturated rings. The van der Waals surface area contributed by atoms with Crippen molar-refractivity contribution in [2.75, 3.05) is 19.0 Å². The maximum absolute atomic E-state index is 12.2. The van der Waals surface area contributed by atoms with E-state index in [1.807, 2.05) is 49.4 Å². The fourth-order valence-electron chi connectivity index (χ4n) is 2.89. The Balaban J connectivity index is 1.77. The summed E-state index contributed by atoms with van der Waals surface area (Å²) in [5.74, 6) is 0.205. The van der Waals surface area contributed by atoms with Crippen molar-refractivity contribution in [2.45, 2.75) is 13.3 Å². The van der Waals surface area contributed by atoms with Crippen molar-refractivity contribution >= 4 is 22.7 Å². The lowest BCUT2D eigenvalue weighted by Crippen LogP contribution is -2.27. The third-order valence-corrected chi connectivity index (χ3v) is 4.16. The zero-order valence-corrected chi connectivity index (χ0v) is 14.4. The van der Waals surface area contributed by atoms with Crippen LogP contribution in [0.5, 0.6) is 0 Å². The molecule has 0 amide bonds. The molecule has 1 N–H and O–H groups in total. The van der Waals surface area contributed by atoms with Crippen molar-refractivity contribution in [3.05, 3.63) is 66.0 Å². The molecule has 0 aliphatic rings. The number of para-hydroxylation sites is 1. The highest BCUT2D eigenvalue weighted by Crippen LogP contribution is 2.20. The molecule has 3 rings (SSSR count). The molecule has 128 valence electrons. The molecule has 1 heterocycles. The first-order valence-corrected chi connectivity index (χ1v) is 8.24. The molecular formula is C20H21N3O2. The summed E-state index contributed by atoms with van der Waals surface area (Å²) in [5, 5.41) is 4.22. The lowest BCUT2D eigenvalue weighted by atomic mass is 9.98. The SMILES string of the molecule is COC(=O)C(CNc1ncnc2ccccc12)Cc1cccc(C)c1. The average Bonchev–Trinajstić information content (AvgIpc) is 2.64. The van der Waals surface area contributed by atoms with Crippen LogP contribution in [0.3, 0.4) is 0 Å². The smallest absolute Gasteiger partial charge is 0.310 e. The van der Waals surface area contributed by atoms with Gasteiger partial charge < -0.3 is 10.1 Å². The Bertz CT molecular complexity index is 874. The molecular weight excluding hydrogens is 314 g/mol. The molecule has 1 atom stereocenters. The summed E-state index contributed by atoms with van der Waals surface area (Å²) in [6.45, 7) is 2.49. The fourth-order valence-corrected chi connectivity index (χ4v) is 2.89. The molecule has 0 spiro atoms. The number of aromatic nitrogens is 2. The van der Waals surface area contributed by atoms with E-state index in [1.54, 1.807) is 0 Å². The minimum Gasteiger partial charge on any atom is -0.469 e. The van der Waals surface area contributed by atoms with E-state index in [2.05, 4.69) is 21.4 Å². The predicted molar refractivity (Wildman–Crippen MR) is 98.4 cm³/mol. The van der Waals surface area contributed by atoms with Gasteiger partial charge in [0.15, 0.2) is 0 Å². The van der Waals surface area contributed by atoms with E-state index in [4.69, 9.17) is 4.74 Å². The molecule has 25 heavy (non-hydrogen) atoms. The third-order valence-electron chi connectivity index (χ3n) is 4.16. The largest absolute Gasteiger partial charge is 0.469 e. The van der Waals surface area contributed by atoms with Crippen LogP contribution in [0.15, 0.2) is 54.9 Å². The van der Waals surface area contributed by atoms with Gasteiger partial charge in [-0.1, -0.05) is 42.0 Å². The number of hydrogen-bond acceptors (Lipinski definition) is 5. The summed E-state index contributed by atoms with van der Waals surface area (Å²) in [5.41, 5.74) is 3.16. The van der Waals surface area contributed by atoms with Crippen LogP contribution in [0.2, 0.25) is 0 Å². The zero-order valence-electron chi connectivity index (χ0n) is 14.4. The molecule has 0 radical (unpaired) electrons. The maximum Gasteiger partial charge on any atom is 0.310 e. The summed E-state index contributed by atoms with van der Waals surface area (Å²) in [6, 6.07) is 16.0. The molecule has 1 aromatic heterocycles. The maximum atomic E-state index is 12.2. The summed E-state index contributed by atoms with van der Waals surface area (Å²) < 4.78 is 4.98. The van der Waals surface area contributed by atoms with E-state index < -0.39 is 0 Å². The standard InChI is InChI=1S/C20H21N3O2/c1-14-6-5-7-15(10-14)11-16(20(24)25-2)12-21-19-17-8-3-4-9-18(17)22-13-23-19/h3-10,13,16H,11-12H2,1-2H3,(H,21,22,23). The van der Waals surface area contributed by atoms with E-state index in [0.717, 1.165) is 22.3 Å². The molecule has 2 aromatic carbocycles. The van der Waals surface area contributed by atoms with E-state index in [9.17, 15) is 4.79 Å². The molecule has 0 aliphatic heterocycles. The number of methoxy groups -OCH3 is 1. The first-order chi connectivity index (χ1) is 12.2. The monoisotopic (exact) mass is 335 g/mol. The summed E-state index contributed by atoms with van der Waals surface area (Å²) in [6.07, 6.45) is 2.14. The molecule has 3 aromatic rings. The van der Waals surface area contributed by atoms with Crippen molar-refractivity contribution in [2.24, 2.45) is 5.92 Å². The number of aryl methyl sites for hydroxylation is 1. The van der Waals surface area contributed by atoms with Crippen molar-refractivity contribution in [3.8, 4) is 0 Å². The second-order valence-corrected chi connectivity index (χ2v) is 6.03. The lowest BCUT2D eigenvalue weighted by Gasteiger charge is -2.17. The number of carbonyl (C=O) groups is 1. The van der Waals surface area contributed by atoms with Crippen LogP contribution < -0.4 is 5.32 Å². The Morgan fingerprint density at radius 2 is 2.00 bits per heavy atom. The van der Waals surface area contributed by atoms with Gasteiger partial charge in [0.2, 0.25) is 0 Å². The molecule has 0 saturated carbocycles. The number of carbonyl (C=O) groups excluding carboxylic acids is 1. The minimum absolute atomic E-state index is 0.229. The van der Waals surface area contributed by atoms with Crippen LogP contribution in [-0.2, 0) is 16.0 Å². The van der Waals surface area contributed by atoms with Gasteiger partial charge in [-0.2, -0.15) is 0 Å². The van der Waals surface area contributed by atoms with Gasteiger partial charge in [-0.3, -0.25) is 4.79 Å². The molecule has 5 nitrogen and oxygen atoms in total. The molecule has 0 bridgehead atoms. The normalized spacial score (nSPS) is 11.9. The van der Waals surface area contributed by atoms with Gasteiger partial charge in [-0.25, -0.2) is 9.97 Å². The Hall–Kier alpha value is -2.95. The van der Waals surface area contributed by atoms with Crippen LogP contribution in [0.25, 0.3) is 10.9 Å². The number of ether oxygens (including phenoxy) is 1. The second kappa shape index (κ2) is 7.75. The highest BCUT2D eigenvalue weighted by Gasteiger charge is 2.20. The van der Waals surface area contributed by atoms with Crippen LogP contribution in [0.1, 0.15) is 11.1 Å². The number of nitrogens with zero attached hydrogens (tertiary/aromatic N) is 2. The highest BCUT2D eigenvalue weighted by molar-refractivity contribution is 5.88. The topological polar surface area (TPSA) is 64.1 Å². The predicted octanol–water partition coefficient (Wildman–Crippen LogP) is 3.38. The summed E-state index contributed by atoms with van der Waals surface area (Å²) in [4.78, 5) is 20.8. The number of benzene rings is 2. The first kappa shape index (κ1) is 16.9.